The maximum Gasteiger partial charge on any atom is 0.259 e. The van der Waals surface area contributed by atoms with Crippen LogP contribution in [0.2, 0.25) is 0 Å². The van der Waals surface area contributed by atoms with Crippen LogP contribution in [0.25, 0.3) is 17.2 Å². The Morgan fingerprint density at radius 1 is 1.06 bits per heavy atom. The van der Waals surface area contributed by atoms with E-state index in [1.165, 1.54) is 0 Å². The van der Waals surface area contributed by atoms with E-state index in [-0.39, 0.29) is 30.6 Å². The van der Waals surface area contributed by atoms with Crippen molar-refractivity contribution in [1.82, 2.24) is 15.4 Å². The Kier molecular flexibility index (Phi) is 8.53. The van der Waals surface area contributed by atoms with E-state index in [4.69, 9.17) is 4.84 Å². The molecule has 2 aromatic rings. The van der Waals surface area contributed by atoms with Gasteiger partial charge in [-0.2, -0.15) is 0 Å². The third kappa shape index (κ3) is 6.57. The lowest BCUT2D eigenvalue weighted by Crippen LogP contribution is -2.54. The number of hydrogen-bond donors (Lipinski definition) is 3. The molecule has 2 aromatic carbocycles. The van der Waals surface area contributed by atoms with Crippen molar-refractivity contribution in [1.29, 1.82) is 0 Å². The number of nitrogens with zero attached hydrogens (tertiary/aromatic N) is 1. The topological polar surface area (TPSA) is 143 Å². The van der Waals surface area contributed by atoms with Crippen LogP contribution >= 0.6 is 0 Å². The summed E-state index contributed by atoms with van der Waals surface area (Å²) in [5, 5.41) is 10.1. The van der Waals surface area contributed by atoms with Crippen LogP contribution in [0.5, 0.6) is 0 Å². The molecule has 1 aliphatic heterocycles. The molecule has 1 heterocycles. The summed E-state index contributed by atoms with van der Waals surface area (Å²) in [5.41, 5.74) is 4.24. The summed E-state index contributed by atoms with van der Waals surface area (Å²) in [6.45, 7) is 8.48. The van der Waals surface area contributed by atoms with Crippen LogP contribution in [0.4, 0.5) is 0 Å². The van der Waals surface area contributed by atoms with Gasteiger partial charge in [0.25, 0.3) is 5.91 Å². The van der Waals surface area contributed by atoms with Crippen molar-refractivity contribution < 1.29 is 27.6 Å². The number of carbonyl (C=O) groups excluding carboxylic acids is 3. The summed E-state index contributed by atoms with van der Waals surface area (Å²) in [6, 6.07) is 14.4. The summed E-state index contributed by atoms with van der Waals surface area (Å²) in [6.07, 6.45) is 9.80. The molecular weight excluding hydrogens is 641 g/mol. The van der Waals surface area contributed by atoms with Crippen molar-refractivity contribution in [2.45, 2.75) is 82.1 Å². The number of carbonyl (C=O) groups is 3. The second kappa shape index (κ2) is 12.6. The first-order chi connectivity index (χ1) is 23.4. The van der Waals surface area contributed by atoms with Crippen molar-refractivity contribution in [2.24, 2.45) is 28.3 Å². The molecule has 49 heavy (non-hydrogen) atoms. The van der Waals surface area contributed by atoms with Crippen LogP contribution < -0.4 is 15.4 Å². The largest absolute Gasteiger partial charge is 0.392 e. The Balaban J connectivity index is 1.18. The first-order valence-electron chi connectivity index (χ1n) is 17.3. The quantitative estimate of drug-likeness (QED) is 0.317. The molecule has 3 N–H and O–H groups in total. The minimum absolute atomic E-state index is 0.167. The second-order valence-corrected chi connectivity index (χ2v) is 17.0. The molecule has 0 spiro atoms. The number of fused-ring (bicyclic) bond motifs is 6. The highest BCUT2D eigenvalue weighted by Gasteiger charge is 2.62. The predicted octanol–water partition coefficient (Wildman–Crippen LogP) is 4.84. The zero-order valence-electron chi connectivity index (χ0n) is 28.0. The summed E-state index contributed by atoms with van der Waals surface area (Å²) < 4.78 is 27.4. The minimum Gasteiger partial charge on any atom is -0.392 e. The Morgan fingerprint density at radius 2 is 1.82 bits per heavy atom. The van der Waals surface area contributed by atoms with Crippen LogP contribution in [-0.4, -0.2) is 55.3 Å². The molecule has 3 amide bonds. The fourth-order valence-corrected chi connectivity index (χ4v) is 8.90. The summed E-state index contributed by atoms with van der Waals surface area (Å²) in [4.78, 5) is 47.5. The standard InChI is InChI=1S/C38H44N4O6S/c1-4-24-21-38(24,36(45)42-49(46,47)26-14-15-26)40-35(44)32-20-25-19-31(32)34(43)39-22-37(2,3)17-9-5-6-10-23-13-16-28-27-11-7-8-12-29(27)33(41-48-25)30(28)18-23/h4,6-8,10-13,16,18,24-26,31-32H,1,5,9,14-15,17,19-22H2,2-3H3,(H,39,43)(H,40,44)(H,42,45)/b10-6+,41-33-/t24-,25-,31-,32+,38+/m0/s1. The maximum atomic E-state index is 14.1. The lowest BCUT2D eigenvalue weighted by molar-refractivity contribution is -0.136. The van der Waals surface area contributed by atoms with Gasteiger partial charge in [-0.3, -0.25) is 19.1 Å². The lowest BCUT2D eigenvalue weighted by atomic mass is 9.86. The van der Waals surface area contributed by atoms with Crippen molar-refractivity contribution in [3.63, 3.8) is 0 Å². The number of oxime groups is 1. The average molecular weight is 685 g/mol. The van der Waals surface area contributed by atoms with E-state index < -0.39 is 56.5 Å². The Morgan fingerprint density at radius 3 is 2.55 bits per heavy atom. The normalized spacial score (nSPS) is 30.6. The zero-order chi connectivity index (χ0) is 34.6. The number of amides is 3. The van der Waals surface area contributed by atoms with Gasteiger partial charge in [0.1, 0.15) is 17.4 Å². The van der Waals surface area contributed by atoms with Gasteiger partial charge in [-0.25, -0.2) is 8.42 Å². The number of rotatable bonds is 6. The molecular formula is C38H44N4O6S. The van der Waals surface area contributed by atoms with Crippen LogP contribution in [0, 0.1) is 23.2 Å². The Hall–Kier alpha value is -4.25. The number of benzene rings is 2. The van der Waals surface area contributed by atoms with Crippen molar-refractivity contribution in [2.75, 3.05) is 6.54 Å². The summed E-state index contributed by atoms with van der Waals surface area (Å²) >= 11 is 0. The van der Waals surface area contributed by atoms with Gasteiger partial charge in [-0.1, -0.05) is 73.6 Å². The van der Waals surface area contributed by atoms with Gasteiger partial charge in [0, 0.05) is 23.6 Å². The van der Waals surface area contributed by atoms with E-state index in [2.05, 4.69) is 77.4 Å². The number of sulfonamides is 1. The van der Waals surface area contributed by atoms with Gasteiger partial charge < -0.3 is 15.5 Å². The van der Waals surface area contributed by atoms with Gasteiger partial charge >= 0.3 is 0 Å². The zero-order valence-corrected chi connectivity index (χ0v) is 28.9. The molecule has 7 rings (SSSR count). The van der Waals surface area contributed by atoms with E-state index in [0.717, 1.165) is 47.1 Å². The highest BCUT2D eigenvalue weighted by Crippen LogP contribution is 2.46. The third-order valence-electron chi connectivity index (χ3n) is 10.8. The molecule has 0 aromatic heterocycles. The van der Waals surface area contributed by atoms with Gasteiger partial charge in [-0.05, 0) is 79.5 Å². The molecule has 3 fully saturated rings. The van der Waals surface area contributed by atoms with Gasteiger partial charge in [0.15, 0.2) is 0 Å². The fourth-order valence-electron chi connectivity index (χ4n) is 7.54. The highest BCUT2D eigenvalue weighted by molar-refractivity contribution is 7.91. The second-order valence-electron chi connectivity index (χ2n) is 15.1. The molecule has 0 radical (unpaired) electrons. The van der Waals surface area contributed by atoms with Crippen LogP contribution in [-0.2, 0) is 29.2 Å². The molecule has 10 nitrogen and oxygen atoms in total. The molecule has 258 valence electrons. The smallest absolute Gasteiger partial charge is 0.259 e. The Labute approximate surface area is 287 Å². The number of allylic oxidation sites excluding steroid dienone is 1. The van der Waals surface area contributed by atoms with Gasteiger partial charge in [0.05, 0.1) is 17.1 Å². The van der Waals surface area contributed by atoms with Crippen LogP contribution in [0.1, 0.15) is 81.9 Å². The summed E-state index contributed by atoms with van der Waals surface area (Å²) in [5.74, 6) is -3.47. The predicted molar refractivity (Wildman–Crippen MR) is 188 cm³/mol. The summed E-state index contributed by atoms with van der Waals surface area (Å²) in [7, 11) is -3.82. The molecule has 5 aliphatic rings. The molecule has 4 bridgehead atoms. The SMILES string of the molecule is C=C[C@H]1C[C@]1(NC(=O)[C@@H]1C[C@@H]2C[C@@H]1C(=O)NCC(C)(C)CCC/C=C/c1ccc3c(c1)/C(=N\O2)c1ccccc1-3)C(=O)NS(=O)(=O)C1CC1. The fraction of sp³-hybridized carbons (Fsp3) is 0.474. The monoisotopic (exact) mass is 684 g/mol. The van der Waals surface area contributed by atoms with Gasteiger partial charge in [-0.15, -0.1) is 6.58 Å². The van der Waals surface area contributed by atoms with E-state index in [1.54, 1.807) is 6.08 Å². The molecule has 0 saturated heterocycles. The first-order valence-corrected chi connectivity index (χ1v) is 18.9. The van der Waals surface area contributed by atoms with E-state index in [0.29, 0.717) is 25.1 Å². The molecule has 3 saturated carbocycles. The maximum absolute atomic E-state index is 14.1. The number of nitrogens with one attached hydrogen (secondary N) is 3. The van der Waals surface area contributed by atoms with Crippen molar-refractivity contribution in [3.05, 3.63) is 77.9 Å². The van der Waals surface area contributed by atoms with Crippen molar-refractivity contribution in [3.8, 4) is 11.1 Å². The van der Waals surface area contributed by atoms with Crippen molar-refractivity contribution >= 4 is 39.5 Å². The lowest BCUT2D eigenvalue weighted by Gasteiger charge is -2.27. The molecule has 4 aliphatic carbocycles. The number of hydrogen-bond acceptors (Lipinski definition) is 7. The molecule has 0 unspecified atom stereocenters. The van der Waals surface area contributed by atoms with Gasteiger partial charge in [0.2, 0.25) is 21.8 Å². The molecule has 5 atom stereocenters. The van der Waals surface area contributed by atoms with E-state index in [1.807, 2.05) is 18.2 Å². The third-order valence-corrected chi connectivity index (χ3v) is 12.6. The highest BCUT2D eigenvalue weighted by atomic mass is 32.2. The van der Waals surface area contributed by atoms with E-state index in [9.17, 15) is 22.8 Å². The van der Waals surface area contributed by atoms with E-state index >= 15 is 0 Å². The van der Waals surface area contributed by atoms with Crippen LogP contribution in [0.3, 0.4) is 0 Å². The van der Waals surface area contributed by atoms with Crippen LogP contribution in [0.15, 0.2) is 66.4 Å². The minimum atomic E-state index is -3.82. The molecule has 11 heteroatoms. The average Bonchev–Trinajstić information content (AvgIpc) is 3.98. The first kappa shape index (κ1) is 33.3. The Bertz CT molecular complexity index is 1880.